The first kappa shape index (κ1) is 49.5. The largest absolute Gasteiger partial charge is 0.310 e. The number of hydrogen-bond donors (Lipinski definition) is 0. The van der Waals surface area contributed by atoms with Crippen molar-refractivity contribution < 1.29 is 0 Å². The molecule has 0 aliphatic heterocycles. The Labute approximate surface area is 479 Å². The number of para-hydroxylation sites is 2. The van der Waals surface area contributed by atoms with Gasteiger partial charge >= 0.3 is 0 Å². The van der Waals surface area contributed by atoms with Crippen molar-refractivity contribution in [3.05, 3.63) is 340 Å². The molecular formula is C80H56N2. The van der Waals surface area contributed by atoms with Crippen molar-refractivity contribution in [2.24, 2.45) is 0 Å². The van der Waals surface area contributed by atoms with Crippen LogP contribution in [-0.4, -0.2) is 0 Å². The van der Waals surface area contributed by atoms with Gasteiger partial charge < -0.3 is 9.80 Å². The first-order chi connectivity index (χ1) is 40.7. The van der Waals surface area contributed by atoms with Gasteiger partial charge in [-0.3, -0.25) is 0 Å². The maximum atomic E-state index is 2.34. The van der Waals surface area contributed by atoms with E-state index in [0.717, 1.165) is 34.1 Å². The number of hydrogen-bond acceptors (Lipinski definition) is 2. The Morgan fingerprint density at radius 3 is 0.902 bits per heavy atom. The molecule has 0 N–H and O–H groups in total. The van der Waals surface area contributed by atoms with Crippen molar-refractivity contribution in [1.82, 2.24) is 0 Å². The molecule has 15 rings (SSSR count). The SMILES string of the molecule is c1ccc(-c2ccc(-c3c4ccccc4c(-c4ccccc4)c4ccccc34)c3ccccc23)cc1.c1ccc(N(c2ccc(-c3ccc(N(c4ccccc4)c4cccc5ccccc45)cc3)cc2)c2cccc3ccccc23)cc1. The summed E-state index contributed by atoms with van der Waals surface area (Å²) in [5.74, 6) is 0. The molecule has 2 nitrogen and oxygen atoms in total. The summed E-state index contributed by atoms with van der Waals surface area (Å²) in [4.78, 5) is 4.69. The lowest BCUT2D eigenvalue weighted by atomic mass is 9.84. The van der Waals surface area contributed by atoms with Gasteiger partial charge in [0.2, 0.25) is 0 Å². The highest BCUT2D eigenvalue weighted by atomic mass is 15.1. The smallest absolute Gasteiger partial charge is 0.0540 e. The summed E-state index contributed by atoms with van der Waals surface area (Å²) in [5.41, 5.74) is 16.8. The molecule has 2 heteroatoms. The highest BCUT2D eigenvalue weighted by molar-refractivity contribution is 6.24. The van der Waals surface area contributed by atoms with E-state index in [2.05, 4.69) is 350 Å². The predicted octanol–water partition coefficient (Wildman–Crippen LogP) is 22.7. The van der Waals surface area contributed by atoms with E-state index < -0.39 is 0 Å². The molecule has 0 radical (unpaired) electrons. The Bertz CT molecular complexity index is 4480. The van der Waals surface area contributed by atoms with Crippen molar-refractivity contribution >= 4 is 88.0 Å². The average Bonchev–Trinajstić information content (AvgIpc) is 3.66. The molecule has 386 valence electrons. The van der Waals surface area contributed by atoms with Crippen molar-refractivity contribution in [3.63, 3.8) is 0 Å². The standard InChI is InChI=1S/C44H32N2.C36H24/c1-3-17-37(18-4-1)45(43-23-11-15-35-13-7-9-21-41(35)43)39-29-25-33(26-30-39)34-27-31-40(32-28-34)46(38-19-5-2-6-20-38)44-24-12-16-36-14-8-10-22-42(36)44;1-3-13-25(14-4-1)27-23-24-34(29-18-8-7-17-28(27)29)36-32-21-11-9-19-30(32)35(26-15-5-2-6-16-26)31-20-10-12-22-33(31)36/h1-32H;1-24H. The van der Waals surface area contributed by atoms with Crippen LogP contribution >= 0.6 is 0 Å². The average molecular weight is 1050 g/mol. The van der Waals surface area contributed by atoms with E-state index in [4.69, 9.17) is 0 Å². The van der Waals surface area contributed by atoms with Crippen molar-refractivity contribution in [3.8, 4) is 44.5 Å². The van der Waals surface area contributed by atoms with Gasteiger partial charge in [-0.25, -0.2) is 0 Å². The van der Waals surface area contributed by atoms with Gasteiger partial charge in [-0.05, 0) is 148 Å². The molecule has 15 aromatic carbocycles. The molecule has 0 unspecified atom stereocenters. The van der Waals surface area contributed by atoms with Crippen LogP contribution < -0.4 is 9.80 Å². The van der Waals surface area contributed by atoms with Gasteiger partial charge in [-0.15, -0.1) is 0 Å². The predicted molar refractivity (Wildman–Crippen MR) is 352 cm³/mol. The van der Waals surface area contributed by atoms with Crippen molar-refractivity contribution in [2.45, 2.75) is 0 Å². The Morgan fingerprint density at radius 2 is 0.463 bits per heavy atom. The fourth-order valence-corrected chi connectivity index (χ4v) is 12.1. The monoisotopic (exact) mass is 1040 g/mol. The summed E-state index contributed by atoms with van der Waals surface area (Å²) in [6.07, 6.45) is 0. The summed E-state index contributed by atoms with van der Waals surface area (Å²) in [6.45, 7) is 0. The molecule has 82 heavy (non-hydrogen) atoms. The molecule has 0 spiro atoms. The van der Waals surface area contributed by atoms with Crippen LogP contribution in [0.15, 0.2) is 340 Å². The normalized spacial score (nSPS) is 11.2. The third kappa shape index (κ3) is 9.38. The van der Waals surface area contributed by atoms with Gasteiger partial charge in [0.15, 0.2) is 0 Å². The van der Waals surface area contributed by atoms with Gasteiger partial charge in [-0.1, -0.05) is 279 Å². The molecule has 0 amide bonds. The zero-order valence-electron chi connectivity index (χ0n) is 45.2. The maximum Gasteiger partial charge on any atom is 0.0540 e. The molecule has 0 aliphatic rings. The second-order valence-corrected chi connectivity index (χ2v) is 20.7. The first-order valence-corrected chi connectivity index (χ1v) is 28.2. The number of benzene rings is 15. The summed E-state index contributed by atoms with van der Waals surface area (Å²) >= 11 is 0. The van der Waals surface area contributed by atoms with Crippen LogP contribution in [0.25, 0.3) is 98.4 Å². The summed E-state index contributed by atoms with van der Waals surface area (Å²) in [7, 11) is 0. The molecule has 15 aromatic rings. The van der Waals surface area contributed by atoms with Crippen molar-refractivity contribution in [1.29, 1.82) is 0 Å². The summed E-state index contributed by atoms with van der Waals surface area (Å²) < 4.78 is 0. The molecule has 0 saturated heterocycles. The number of fused-ring (bicyclic) bond motifs is 5. The topological polar surface area (TPSA) is 6.48 Å². The summed E-state index contributed by atoms with van der Waals surface area (Å²) in [6, 6.07) is 122. The highest BCUT2D eigenvalue weighted by Gasteiger charge is 2.20. The van der Waals surface area contributed by atoms with E-state index in [1.807, 2.05) is 0 Å². The van der Waals surface area contributed by atoms with Gasteiger partial charge in [0.05, 0.1) is 11.4 Å². The minimum atomic E-state index is 1.12. The van der Waals surface area contributed by atoms with Gasteiger partial charge in [0.1, 0.15) is 0 Å². The maximum absolute atomic E-state index is 2.34. The van der Waals surface area contributed by atoms with Crippen LogP contribution in [0.4, 0.5) is 34.1 Å². The Balaban J connectivity index is 0.000000151. The third-order valence-corrected chi connectivity index (χ3v) is 15.9. The Kier molecular flexibility index (Phi) is 13.4. The molecule has 0 atom stereocenters. The minimum Gasteiger partial charge on any atom is -0.310 e. The molecule has 0 aromatic heterocycles. The number of anilines is 6. The summed E-state index contributed by atoms with van der Waals surface area (Å²) in [5, 5.41) is 12.6. The van der Waals surface area contributed by atoms with E-state index in [1.165, 1.54) is 98.4 Å². The number of nitrogens with zero attached hydrogens (tertiary/aromatic N) is 2. The van der Waals surface area contributed by atoms with Gasteiger partial charge in [0.25, 0.3) is 0 Å². The zero-order valence-corrected chi connectivity index (χ0v) is 45.2. The lowest BCUT2D eigenvalue weighted by Gasteiger charge is -2.27. The third-order valence-electron chi connectivity index (χ3n) is 15.9. The van der Waals surface area contributed by atoms with Crippen molar-refractivity contribution in [2.75, 3.05) is 9.80 Å². The van der Waals surface area contributed by atoms with E-state index in [-0.39, 0.29) is 0 Å². The van der Waals surface area contributed by atoms with Crippen LogP contribution in [0.5, 0.6) is 0 Å². The van der Waals surface area contributed by atoms with Gasteiger partial charge in [0, 0.05) is 33.5 Å². The van der Waals surface area contributed by atoms with Crippen LogP contribution in [0.2, 0.25) is 0 Å². The lowest BCUT2D eigenvalue weighted by molar-refractivity contribution is 1.29. The van der Waals surface area contributed by atoms with E-state index in [0.29, 0.717) is 0 Å². The van der Waals surface area contributed by atoms with E-state index >= 15 is 0 Å². The molecule has 0 saturated carbocycles. The molecule has 0 aliphatic carbocycles. The second-order valence-electron chi connectivity index (χ2n) is 20.7. The van der Waals surface area contributed by atoms with E-state index in [1.54, 1.807) is 0 Å². The minimum absolute atomic E-state index is 1.12. The fraction of sp³-hybridized carbons (Fsp3) is 0. The molecule has 0 heterocycles. The zero-order chi connectivity index (χ0) is 54.6. The van der Waals surface area contributed by atoms with Gasteiger partial charge in [-0.2, -0.15) is 0 Å². The van der Waals surface area contributed by atoms with Crippen LogP contribution in [0.1, 0.15) is 0 Å². The molecular weight excluding hydrogens is 989 g/mol. The van der Waals surface area contributed by atoms with E-state index in [9.17, 15) is 0 Å². The lowest BCUT2D eigenvalue weighted by Crippen LogP contribution is -2.10. The van der Waals surface area contributed by atoms with Crippen LogP contribution in [0.3, 0.4) is 0 Å². The fourth-order valence-electron chi connectivity index (χ4n) is 12.1. The van der Waals surface area contributed by atoms with Crippen LogP contribution in [-0.2, 0) is 0 Å². The second kappa shape index (κ2) is 22.1. The Hall–Kier alpha value is -10.8. The Morgan fingerprint density at radius 1 is 0.159 bits per heavy atom. The molecule has 0 fully saturated rings. The molecule has 0 bridgehead atoms. The van der Waals surface area contributed by atoms with Crippen LogP contribution in [0, 0.1) is 0 Å². The highest BCUT2D eigenvalue weighted by Crippen LogP contribution is 2.47. The first-order valence-electron chi connectivity index (χ1n) is 28.2. The quantitative estimate of drug-likeness (QED) is 0.126. The number of rotatable bonds is 10.